The van der Waals surface area contributed by atoms with Crippen molar-refractivity contribution < 1.29 is 13.9 Å². The fourth-order valence-corrected chi connectivity index (χ4v) is 5.42. The van der Waals surface area contributed by atoms with E-state index in [1.54, 1.807) is 31.5 Å². The summed E-state index contributed by atoms with van der Waals surface area (Å²) in [6.45, 7) is 3.67. The summed E-state index contributed by atoms with van der Waals surface area (Å²) in [5, 5.41) is 2.21. The van der Waals surface area contributed by atoms with Crippen molar-refractivity contribution in [2.24, 2.45) is 0 Å². The molecule has 0 saturated heterocycles. The minimum atomic E-state index is -0.499. The zero-order valence-electron chi connectivity index (χ0n) is 17.9. The summed E-state index contributed by atoms with van der Waals surface area (Å²) < 4.78 is 10.8. The summed E-state index contributed by atoms with van der Waals surface area (Å²) in [6, 6.07) is 12.3. The highest BCUT2D eigenvalue weighted by Crippen LogP contribution is 2.37. The molecule has 5 aromatic rings. The maximum atomic E-state index is 12.3. The van der Waals surface area contributed by atoms with Crippen molar-refractivity contribution in [3.8, 4) is 10.4 Å². The summed E-state index contributed by atoms with van der Waals surface area (Å²) in [6.07, 6.45) is 1.57. The highest BCUT2D eigenvalue weighted by atomic mass is 32.2. The molecule has 0 atom stereocenters. The number of anilines is 1. The molecule has 8 nitrogen and oxygen atoms in total. The molecule has 0 aliphatic rings. The van der Waals surface area contributed by atoms with Gasteiger partial charge < -0.3 is 14.9 Å². The van der Waals surface area contributed by atoms with Gasteiger partial charge in [0, 0.05) is 10.3 Å². The maximum absolute atomic E-state index is 12.3. The van der Waals surface area contributed by atoms with Gasteiger partial charge >= 0.3 is 5.97 Å². The van der Waals surface area contributed by atoms with E-state index in [1.807, 2.05) is 18.2 Å². The van der Waals surface area contributed by atoms with Crippen LogP contribution in [-0.2, 0) is 10.5 Å². The van der Waals surface area contributed by atoms with E-state index in [9.17, 15) is 4.79 Å². The van der Waals surface area contributed by atoms with Gasteiger partial charge in [0.25, 0.3) is 0 Å². The number of carbonyl (C=O) groups excluding carboxylic acids is 1. The number of benzene rings is 1. The first kappa shape index (κ1) is 21.4. The van der Waals surface area contributed by atoms with Crippen molar-refractivity contribution in [1.82, 2.24) is 19.9 Å². The molecule has 0 aliphatic heterocycles. The predicted octanol–water partition coefficient (Wildman–Crippen LogP) is 5.25. The standard InChI is InChI=1S/C23H19N5O3S2/c1-3-30-23(29)17-12(2)31-20-18(17)19(24)27-16(28-20)10-32-21-14-9-15(13-7-5-4-6-8-13)33-22(14)26-11-25-21/h4-9,11H,3,10H2,1-2H3,(H2,24,27,28). The number of furan rings is 1. The van der Waals surface area contributed by atoms with Crippen LogP contribution in [0, 0.1) is 6.92 Å². The van der Waals surface area contributed by atoms with E-state index < -0.39 is 5.97 Å². The van der Waals surface area contributed by atoms with Gasteiger partial charge in [0.2, 0.25) is 5.71 Å². The number of carbonyl (C=O) groups is 1. The number of thioether (sulfide) groups is 1. The Bertz CT molecular complexity index is 1480. The lowest BCUT2D eigenvalue weighted by Gasteiger charge is -2.04. The van der Waals surface area contributed by atoms with Crippen LogP contribution in [0.15, 0.2) is 52.2 Å². The number of esters is 1. The van der Waals surface area contributed by atoms with Crippen molar-refractivity contribution in [3.05, 3.63) is 59.9 Å². The highest BCUT2D eigenvalue weighted by Gasteiger charge is 2.24. The first-order chi connectivity index (χ1) is 16.0. The highest BCUT2D eigenvalue weighted by molar-refractivity contribution is 7.98. The number of hydrogen-bond acceptors (Lipinski definition) is 10. The summed E-state index contributed by atoms with van der Waals surface area (Å²) in [4.78, 5) is 32.1. The molecule has 33 heavy (non-hydrogen) atoms. The normalized spacial score (nSPS) is 11.3. The number of hydrogen-bond donors (Lipinski definition) is 1. The molecule has 4 heterocycles. The molecule has 0 spiro atoms. The quantitative estimate of drug-likeness (QED) is 0.199. The number of nitrogen functional groups attached to an aromatic ring is 1. The minimum absolute atomic E-state index is 0.185. The van der Waals surface area contributed by atoms with Gasteiger partial charge in [-0.1, -0.05) is 42.1 Å². The molecule has 2 N–H and O–H groups in total. The van der Waals surface area contributed by atoms with E-state index in [0.717, 1.165) is 25.7 Å². The third-order valence-electron chi connectivity index (χ3n) is 4.97. The molecule has 0 aliphatic carbocycles. The third-order valence-corrected chi connectivity index (χ3v) is 7.06. The number of thiophene rings is 1. The Morgan fingerprint density at radius 3 is 2.82 bits per heavy atom. The molecular weight excluding hydrogens is 458 g/mol. The van der Waals surface area contributed by atoms with Crippen LogP contribution in [0.1, 0.15) is 28.9 Å². The first-order valence-electron chi connectivity index (χ1n) is 10.2. The van der Waals surface area contributed by atoms with Gasteiger partial charge in [0.1, 0.15) is 39.1 Å². The third kappa shape index (κ3) is 4.03. The molecule has 10 heteroatoms. The Morgan fingerprint density at radius 2 is 2.03 bits per heavy atom. The lowest BCUT2D eigenvalue weighted by Crippen LogP contribution is -2.07. The van der Waals surface area contributed by atoms with Crippen LogP contribution in [0.25, 0.3) is 31.8 Å². The van der Waals surface area contributed by atoms with E-state index >= 15 is 0 Å². The zero-order valence-corrected chi connectivity index (χ0v) is 19.5. The van der Waals surface area contributed by atoms with Crippen LogP contribution in [0.3, 0.4) is 0 Å². The molecule has 166 valence electrons. The largest absolute Gasteiger partial charge is 0.462 e. The average Bonchev–Trinajstić information content (AvgIpc) is 3.39. The van der Waals surface area contributed by atoms with E-state index in [1.165, 1.54) is 11.8 Å². The molecule has 4 aromatic heterocycles. The maximum Gasteiger partial charge on any atom is 0.342 e. The second-order valence-corrected chi connectivity index (χ2v) is 9.12. The van der Waals surface area contributed by atoms with Crippen LogP contribution in [0.2, 0.25) is 0 Å². The van der Waals surface area contributed by atoms with E-state index in [4.69, 9.17) is 14.9 Å². The summed E-state index contributed by atoms with van der Waals surface area (Å²) >= 11 is 3.12. The summed E-state index contributed by atoms with van der Waals surface area (Å²) in [7, 11) is 0. The second-order valence-electron chi connectivity index (χ2n) is 7.12. The lowest BCUT2D eigenvalue weighted by molar-refractivity contribution is 0.0526. The van der Waals surface area contributed by atoms with Crippen LogP contribution >= 0.6 is 23.1 Å². The van der Waals surface area contributed by atoms with Crippen molar-refractivity contribution in [1.29, 1.82) is 0 Å². The zero-order chi connectivity index (χ0) is 22.9. The Balaban J connectivity index is 1.44. The van der Waals surface area contributed by atoms with Crippen LogP contribution in [-0.4, -0.2) is 32.5 Å². The first-order valence-corrected chi connectivity index (χ1v) is 12.0. The van der Waals surface area contributed by atoms with Crippen LogP contribution in [0.5, 0.6) is 0 Å². The average molecular weight is 478 g/mol. The Hall–Kier alpha value is -3.50. The summed E-state index contributed by atoms with van der Waals surface area (Å²) in [5.41, 5.74) is 7.87. The molecule has 0 radical (unpaired) electrons. The Kier molecular flexibility index (Phi) is 5.69. The van der Waals surface area contributed by atoms with Gasteiger partial charge in [-0.2, -0.15) is 4.98 Å². The van der Waals surface area contributed by atoms with Crippen molar-refractivity contribution in [3.63, 3.8) is 0 Å². The van der Waals surface area contributed by atoms with Crippen molar-refractivity contribution >= 4 is 56.2 Å². The van der Waals surface area contributed by atoms with Crippen molar-refractivity contribution in [2.45, 2.75) is 24.6 Å². The van der Waals surface area contributed by atoms with Crippen LogP contribution < -0.4 is 5.73 Å². The Labute approximate surface area is 197 Å². The van der Waals surface area contributed by atoms with Gasteiger partial charge in [-0.05, 0) is 25.5 Å². The van der Waals surface area contributed by atoms with Gasteiger partial charge in [0.15, 0.2) is 0 Å². The molecule has 0 unspecified atom stereocenters. The number of nitrogens with zero attached hydrogens (tertiary/aromatic N) is 4. The molecule has 0 fully saturated rings. The monoisotopic (exact) mass is 477 g/mol. The number of ether oxygens (including phenoxy) is 1. The lowest BCUT2D eigenvalue weighted by atomic mass is 10.2. The fourth-order valence-electron chi connectivity index (χ4n) is 3.52. The topological polar surface area (TPSA) is 117 Å². The van der Waals surface area contributed by atoms with Gasteiger partial charge in [-0.15, -0.1) is 11.3 Å². The van der Waals surface area contributed by atoms with E-state index in [0.29, 0.717) is 22.7 Å². The predicted molar refractivity (Wildman–Crippen MR) is 129 cm³/mol. The van der Waals surface area contributed by atoms with E-state index in [2.05, 4.69) is 38.1 Å². The Morgan fingerprint density at radius 1 is 1.21 bits per heavy atom. The SMILES string of the molecule is CCOC(=O)c1c(C)oc2nc(CSc3ncnc4sc(-c5ccccc5)cc34)nc(N)c12. The smallest absolute Gasteiger partial charge is 0.342 e. The molecule has 0 saturated carbocycles. The molecule has 0 bridgehead atoms. The van der Waals surface area contributed by atoms with E-state index in [-0.39, 0.29) is 23.7 Å². The number of nitrogens with two attached hydrogens (primary N) is 1. The molecule has 0 amide bonds. The van der Waals surface area contributed by atoms with Gasteiger partial charge in [-0.25, -0.2) is 19.7 Å². The number of aromatic nitrogens is 4. The number of fused-ring (bicyclic) bond motifs is 2. The minimum Gasteiger partial charge on any atom is -0.462 e. The van der Waals surface area contributed by atoms with Crippen molar-refractivity contribution in [2.75, 3.05) is 12.3 Å². The molecular formula is C23H19N5O3S2. The molecule has 1 aromatic carbocycles. The van der Waals surface area contributed by atoms with Crippen LogP contribution in [0.4, 0.5) is 5.82 Å². The second kappa shape index (κ2) is 8.80. The number of rotatable bonds is 6. The molecule has 5 rings (SSSR count). The van der Waals surface area contributed by atoms with Gasteiger partial charge in [-0.3, -0.25) is 0 Å². The fraction of sp³-hybridized carbons (Fsp3) is 0.174. The summed E-state index contributed by atoms with van der Waals surface area (Å²) in [5.74, 6) is 1.00. The number of aryl methyl sites for hydroxylation is 1. The van der Waals surface area contributed by atoms with Gasteiger partial charge in [0.05, 0.1) is 17.7 Å².